The average molecular weight is 244 g/mol. The molecule has 1 aromatic carbocycles. The second kappa shape index (κ2) is 4.74. The number of alkyl halides is 3. The van der Waals surface area contributed by atoms with Crippen molar-refractivity contribution in [1.29, 1.82) is 5.26 Å². The van der Waals surface area contributed by atoms with Gasteiger partial charge >= 0.3 is 12.3 Å². The van der Waals surface area contributed by atoms with Crippen LogP contribution in [-0.4, -0.2) is 6.09 Å². The Balaban J connectivity index is 3.16. The summed E-state index contributed by atoms with van der Waals surface area (Å²) in [7, 11) is 0. The van der Waals surface area contributed by atoms with E-state index in [1.165, 1.54) is 12.1 Å². The molecule has 7 heteroatoms. The SMILES string of the molecule is N#Cc1c(COC(N)=O)cccc1C(F)(F)F. The van der Waals surface area contributed by atoms with E-state index in [1.807, 2.05) is 0 Å². The lowest BCUT2D eigenvalue weighted by molar-refractivity contribution is -0.137. The first-order valence-electron chi connectivity index (χ1n) is 4.37. The third-order valence-corrected chi connectivity index (χ3v) is 1.94. The van der Waals surface area contributed by atoms with Crippen molar-refractivity contribution >= 4 is 6.09 Å². The number of primary amides is 1. The lowest BCUT2D eigenvalue weighted by Gasteiger charge is -2.11. The fourth-order valence-corrected chi connectivity index (χ4v) is 1.24. The van der Waals surface area contributed by atoms with Gasteiger partial charge in [0, 0.05) is 5.56 Å². The molecule has 1 aromatic rings. The minimum atomic E-state index is -4.63. The molecule has 1 rings (SSSR count). The number of nitrogens with two attached hydrogens (primary N) is 1. The summed E-state index contributed by atoms with van der Waals surface area (Å²) in [4.78, 5) is 10.3. The molecule has 0 atom stereocenters. The van der Waals surface area contributed by atoms with Crippen LogP contribution in [0.5, 0.6) is 0 Å². The number of halogens is 3. The quantitative estimate of drug-likeness (QED) is 0.866. The predicted octanol–water partition coefficient (Wildman–Crippen LogP) is 2.17. The van der Waals surface area contributed by atoms with Gasteiger partial charge in [0.05, 0.1) is 11.1 Å². The van der Waals surface area contributed by atoms with Gasteiger partial charge in [0.1, 0.15) is 12.7 Å². The van der Waals surface area contributed by atoms with Crippen molar-refractivity contribution < 1.29 is 22.7 Å². The molecular formula is C10H7F3N2O2. The first kappa shape index (κ1) is 12.8. The summed E-state index contributed by atoms with van der Waals surface area (Å²) in [5, 5.41) is 8.71. The molecule has 90 valence electrons. The number of ether oxygens (including phenoxy) is 1. The third-order valence-electron chi connectivity index (χ3n) is 1.94. The Hall–Kier alpha value is -2.23. The number of nitrogens with zero attached hydrogens (tertiary/aromatic N) is 1. The predicted molar refractivity (Wildman–Crippen MR) is 50.5 cm³/mol. The van der Waals surface area contributed by atoms with Crippen LogP contribution in [0.3, 0.4) is 0 Å². The molecule has 0 saturated heterocycles. The number of hydrogen-bond acceptors (Lipinski definition) is 3. The van der Waals surface area contributed by atoms with Crippen LogP contribution in [0.2, 0.25) is 0 Å². The number of carbonyl (C=O) groups is 1. The molecule has 0 spiro atoms. The first-order chi connectivity index (χ1) is 7.86. The molecule has 0 bridgehead atoms. The third kappa shape index (κ3) is 3.11. The smallest absolute Gasteiger partial charge is 0.417 e. The van der Waals surface area contributed by atoms with E-state index in [0.29, 0.717) is 0 Å². The molecule has 4 nitrogen and oxygen atoms in total. The highest BCUT2D eigenvalue weighted by molar-refractivity contribution is 5.64. The largest absolute Gasteiger partial charge is 0.445 e. The van der Waals surface area contributed by atoms with Crippen LogP contribution >= 0.6 is 0 Å². The number of nitriles is 1. The fourth-order valence-electron chi connectivity index (χ4n) is 1.24. The maximum absolute atomic E-state index is 12.5. The van der Waals surface area contributed by atoms with Gasteiger partial charge in [-0.25, -0.2) is 4.79 Å². The molecule has 0 aromatic heterocycles. The summed E-state index contributed by atoms with van der Waals surface area (Å²) >= 11 is 0. The Labute approximate surface area is 94.4 Å². The molecule has 0 fully saturated rings. The Bertz CT molecular complexity index is 477. The maximum Gasteiger partial charge on any atom is 0.417 e. The Morgan fingerprint density at radius 2 is 2.12 bits per heavy atom. The molecule has 0 unspecified atom stereocenters. The Kier molecular flexibility index (Phi) is 3.58. The summed E-state index contributed by atoms with van der Waals surface area (Å²) in [6.45, 7) is -0.470. The highest BCUT2D eigenvalue weighted by Gasteiger charge is 2.34. The zero-order valence-corrected chi connectivity index (χ0v) is 8.41. The first-order valence-corrected chi connectivity index (χ1v) is 4.37. The summed E-state index contributed by atoms with van der Waals surface area (Å²) in [5.41, 5.74) is 3.02. The number of amides is 1. The van der Waals surface area contributed by atoms with Gasteiger partial charge in [0.2, 0.25) is 0 Å². The zero-order chi connectivity index (χ0) is 13.1. The van der Waals surface area contributed by atoms with Crippen molar-refractivity contribution in [3.05, 3.63) is 34.9 Å². The molecular weight excluding hydrogens is 237 g/mol. The van der Waals surface area contributed by atoms with Crippen molar-refractivity contribution in [3.8, 4) is 6.07 Å². The molecule has 17 heavy (non-hydrogen) atoms. The van der Waals surface area contributed by atoms with E-state index in [1.54, 1.807) is 0 Å². The highest BCUT2D eigenvalue weighted by Crippen LogP contribution is 2.33. The molecule has 1 amide bonds. The van der Waals surface area contributed by atoms with Gasteiger partial charge in [-0.05, 0) is 6.07 Å². The summed E-state index contributed by atoms with van der Waals surface area (Å²) in [6, 6.07) is 4.62. The number of hydrogen-bond donors (Lipinski definition) is 1. The van der Waals surface area contributed by atoms with Crippen LogP contribution < -0.4 is 5.73 Å². The van der Waals surface area contributed by atoms with Crippen LogP contribution in [0.25, 0.3) is 0 Å². The van der Waals surface area contributed by atoms with Crippen molar-refractivity contribution in [3.63, 3.8) is 0 Å². The van der Waals surface area contributed by atoms with Crippen LogP contribution in [-0.2, 0) is 17.5 Å². The molecule has 0 aliphatic rings. The van der Waals surface area contributed by atoms with E-state index in [-0.39, 0.29) is 5.56 Å². The van der Waals surface area contributed by atoms with Gasteiger partial charge in [-0.3, -0.25) is 0 Å². The van der Waals surface area contributed by atoms with Crippen LogP contribution in [0.1, 0.15) is 16.7 Å². The van der Waals surface area contributed by atoms with Gasteiger partial charge in [0.25, 0.3) is 0 Å². The second-order valence-electron chi connectivity index (χ2n) is 3.06. The number of carbonyl (C=O) groups excluding carboxylic acids is 1. The normalized spacial score (nSPS) is 10.7. The van der Waals surface area contributed by atoms with E-state index < -0.39 is 30.0 Å². The van der Waals surface area contributed by atoms with E-state index in [9.17, 15) is 18.0 Å². The van der Waals surface area contributed by atoms with Gasteiger partial charge in [-0.2, -0.15) is 18.4 Å². The number of rotatable bonds is 2. The summed E-state index contributed by atoms with van der Waals surface area (Å²) in [6.07, 6.45) is -5.75. The average Bonchev–Trinajstić information content (AvgIpc) is 2.24. The van der Waals surface area contributed by atoms with E-state index in [0.717, 1.165) is 12.1 Å². The summed E-state index contributed by atoms with van der Waals surface area (Å²) < 4.78 is 42.0. The minimum Gasteiger partial charge on any atom is -0.445 e. The molecule has 0 saturated carbocycles. The maximum atomic E-state index is 12.5. The molecule has 0 aliphatic heterocycles. The minimum absolute atomic E-state index is 0.0406. The van der Waals surface area contributed by atoms with Crippen molar-refractivity contribution in [2.45, 2.75) is 12.8 Å². The van der Waals surface area contributed by atoms with Crippen molar-refractivity contribution in [2.75, 3.05) is 0 Å². The molecule has 2 N–H and O–H groups in total. The zero-order valence-electron chi connectivity index (χ0n) is 8.41. The van der Waals surface area contributed by atoms with Gasteiger partial charge < -0.3 is 10.5 Å². The second-order valence-corrected chi connectivity index (χ2v) is 3.06. The lowest BCUT2D eigenvalue weighted by atomic mass is 10.0. The van der Waals surface area contributed by atoms with Crippen LogP contribution in [0.4, 0.5) is 18.0 Å². The highest BCUT2D eigenvalue weighted by atomic mass is 19.4. The Morgan fingerprint density at radius 3 is 2.59 bits per heavy atom. The molecule has 0 radical (unpaired) electrons. The summed E-state index contributed by atoms with van der Waals surface area (Å²) in [5.74, 6) is 0. The van der Waals surface area contributed by atoms with Crippen LogP contribution in [0, 0.1) is 11.3 Å². The standard InChI is InChI=1S/C10H7F3N2O2/c11-10(12,13)8-3-1-2-6(7(8)4-14)5-17-9(15)16/h1-3H,5H2,(H2,15,16). The van der Waals surface area contributed by atoms with Crippen molar-refractivity contribution in [2.24, 2.45) is 5.73 Å². The van der Waals surface area contributed by atoms with E-state index in [4.69, 9.17) is 5.26 Å². The molecule has 0 aliphatic carbocycles. The monoisotopic (exact) mass is 244 g/mol. The Morgan fingerprint density at radius 1 is 1.47 bits per heavy atom. The topological polar surface area (TPSA) is 76.1 Å². The van der Waals surface area contributed by atoms with Gasteiger partial charge in [-0.1, -0.05) is 12.1 Å². The number of benzene rings is 1. The fraction of sp³-hybridized carbons (Fsp3) is 0.200. The van der Waals surface area contributed by atoms with Crippen LogP contribution in [0.15, 0.2) is 18.2 Å². The van der Waals surface area contributed by atoms with Crippen molar-refractivity contribution in [1.82, 2.24) is 0 Å². The molecule has 0 heterocycles. The van der Waals surface area contributed by atoms with Gasteiger partial charge in [-0.15, -0.1) is 0 Å². The van der Waals surface area contributed by atoms with E-state index >= 15 is 0 Å². The lowest BCUT2D eigenvalue weighted by Crippen LogP contribution is -2.14. The van der Waals surface area contributed by atoms with E-state index in [2.05, 4.69) is 10.5 Å². The van der Waals surface area contributed by atoms with Gasteiger partial charge in [0.15, 0.2) is 0 Å².